The second-order valence-corrected chi connectivity index (χ2v) is 9.18. The van der Waals surface area contributed by atoms with Crippen LogP contribution in [-0.2, 0) is 16.0 Å². The minimum atomic E-state index is -0.233. The van der Waals surface area contributed by atoms with Gasteiger partial charge in [0.2, 0.25) is 5.89 Å². The van der Waals surface area contributed by atoms with Crippen molar-refractivity contribution in [2.24, 2.45) is 0 Å². The van der Waals surface area contributed by atoms with Crippen LogP contribution in [0.5, 0.6) is 0 Å². The molecule has 0 amide bonds. The first kappa shape index (κ1) is 21.1. The molecule has 1 saturated carbocycles. The molecule has 7 nitrogen and oxygen atoms in total. The number of nitrogens with zero attached hydrogens (tertiary/aromatic N) is 3. The third-order valence-electron chi connectivity index (χ3n) is 4.57. The van der Waals surface area contributed by atoms with Gasteiger partial charge in [0.05, 0.1) is 12.1 Å². The molecule has 1 fully saturated rings. The van der Waals surface area contributed by atoms with Gasteiger partial charge in [-0.15, -0.1) is 21.5 Å². The maximum absolute atomic E-state index is 12.0. The minimum Gasteiger partial charge on any atom is -0.462 e. The third-order valence-corrected chi connectivity index (χ3v) is 6.41. The average Bonchev–Trinajstić information content (AvgIpc) is 3.37. The fourth-order valence-corrected chi connectivity index (χ4v) is 4.67. The standard InChI is InChI=1S/C20H21ClN4O3S2/c21-13-5-4-6-14(9-13)22-19-23-15(11-29-19)10-17-24-25-20(28-17)30-12-18(26)27-16-7-2-1-3-8-16/h4-6,9,11,16H,1-3,7-8,10,12H2,(H,22,23). The van der Waals surface area contributed by atoms with Crippen molar-refractivity contribution in [1.82, 2.24) is 15.2 Å². The highest BCUT2D eigenvalue weighted by atomic mass is 35.5. The van der Waals surface area contributed by atoms with Crippen LogP contribution in [0.25, 0.3) is 0 Å². The summed E-state index contributed by atoms with van der Waals surface area (Å²) >= 11 is 8.69. The highest BCUT2D eigenvalue weighted by molar-refractivity contribution is 7.99. The summed E-state index contributed by atoms with van der Waals surface area (Å²) in [6.07, 6.45) is 5.89. The molecule has 0 bridgehead atoms. The van der Waals surface area contributed by atoms with E-state index in [1.165, 1.54) is 29.5 Å². The quantitative estimate of drug-likeness (QED) is 0.346. The maximum atomic E-state index is 12.0. The van der Waals surface area contributed by atoms with Gasteiger partial charge in [0, 0.05) is 16.1 Å². The second-order valence-electron chi connectivity index (χ2n) is 6.96. The van der Waals surface area contributed by atoms with Crippen molar-refractivity contribution in [3.8, 4) is 0 Å². The number of thioether (sulfide) groups is 1. The Morgan fingerprint density at radius 2 is 2.17 bits per heavy atom. The van der Waals surface area contributed by atoms with Crippen molar-refractivity contribution < 1.29 is 13.9 Å². The number of carbonyl (C=O) groups is 1. The summed E-state index contributed by atoms with van der Waals surface area (Å²) in [4.78, 5) is 16.5. The molecule has 0 saturated heterocycles. The molecule has 1 aliphatic carbocycles. The molecule has 0 spiro atoms. The lowest BCUT2D eigenvalue weighted by Gasteiger charge is -2.21. The van der Waals surface area contributed by atoms with Crippen LogP contribution >= 0.6 is 34.7 Å². The lowest BCUT2D eigenvalue weighted by molar-refractivity contribution is -0.147. The number of esters is 1. The van der Waals surface area contributed by atoms with E-state index in [1.807, 2.05) is 29.6 Å². The fraction of sp³-hybridized carbons (Fsp3) is 0.400. The number of halogens is 1. The highest BCUT2D eigenvalue weighted by Crippen LogP contribution is 2.25. The van der Waals surface area contributed by atoms with E-state index < -0.39 is 0 Å². The number of hydrogen-bond donors (Lipinski definition) is 1. The lowest BCUT2D eigenvalue weighted by atomic mass is 9.98. The van der Waals surface area contributed by atoms with Crippen LogP contribution in [0.3, 0.4) is 0 Å². The van der Waals surface area contributed by atoms with Crippen LogP contribution in [0, 0.1) is 0 Å². The van der Waals surface area contributed by atoms with E-state index in [-0.39, 0.29) is 17.8 Å². The van der Waals surface area contributed by atoms with Gasteiger partial charge < -0.3 is 14.5 Å². The number of ether oxygens (including phenoxy) is 1. The predicted molar refractivity (Wildman–Crippen MR) is 118 cm³/mol. The van der Waals surface area contributed by atoms with E-state index in [1.54, 1.807) is 0 Å². The Morgan fingerprint density at radius 1 is 1.30 bits per heavy atom. The summed E-state index contributed by atoms with van der Waals surface area (Å²) < 4.78 is 11.1. The number of hydrogen-bond acceptors (Lipinski definition) is 9. The molecule has 1 aromatic carbocycles. The Balaban J connectivity index is 1.25. The monoisotopic (exact) mass is 464 g/mol. The van der Waals surface area contributed by atoms with Crippen LogP contribution in [0.15, 0.2) is 39.3 Å². The Hall–Kier alpha value is -2.10. The van der Waals surface area contributed by atoms with E-state index in [9.17, 15) is 4.79 Å². The number of nitrogens with one attached hydrogen (secondary N) is 1. The molecule has 2 heterocycles. The van der Waals surface area contributed by atoms with E-state index in [4.69, 9.17) is 20.8 Å². The largest absolute Gasteiger partial charge is 0.462 e. The Morgan fingerprint density at radius 3 is 3.00 bits per heavy atom. The summed E-state index contributed by atoms with van der Waals surface area (Å²) in [7, 11) is 0. The molecule has 0 radical (unpaired) electrons. The molecule has 0 atom stereocenters. The molecule has 1 N–H and O–H groups in total. The van der Waals surface area contributed by atoms with Gasteiger partial charge in [-0.2, -0.15) is 0 Å². The molecule has 158 valence electrons. The maximum Gasteiger partial charge on any atom is 0.316 e. The van der Waals surface area contributed by atoms with Gasteiger partial charge in [0.1, 0.15) is 11.9 Å². The summed E-state index contributed by atoms with van der Waals surface area (Å²) in [5, 5.41) is 15.0. The molecule has 2 aromatic heterocycles. The molecule has 10 heteroatoms. The van der Waals surface area contributed by atoms with Crippen LogP contribution in [-0.4, -0.2) is 33.0 Å². The predicted octanol–water partition coefficient (Wildman–Crippen LogP) is 5.48. The van der Waals surface area contributed by atoms with Crippen molar-refractivity contribution >= 4 is 51.5 Å². The van der Waals surface area contributed by atoms with Crippen molar-refractivity contribution in [1.29, 1.82) is 0 Å². The van der Waals surface area contributed by atoms with Gasteiger partial charge in [-0.05, 0) is 43.9 Å². The molecule has 0 unspecified atom stereocenters. The molecule has 4 rings (SSSR count). The third kappa shape index (κ3) is 6.20. The number of thiazole rings is 1. The van der Waals surface area contributed by atoms with Gasteiger partial charge in [0.15, 0.2) is 5.13 Å². The molecule has 0 aliphatic heterocycles. The normalized spacial score (nSPS) is 14.6. The number of aromatic nitrogens is 3. The molecule has 1 aliphatic rings. The Kier molecular flexibility index (Phi) is 7.24. The number of carbonyl (C=O) groups excluding carboxylic acids is 1. The molecular weight excluding hydrogens is 444 g/mol. The van der Waals surface area contributed by atoms with Crippen LogP contribution < -0.4 is 5.32 Å². The molecule has 30 heavy (non-hydrogen) atoms. The zero-order valence-electron chi connectivity index (χ0n) is 16.2. The van der Waals surface area contributed by atoms with Gasteiger partial charge >= 0.3 is 5.97 Å². The van der Waals surface area contributed by atoms with Crippen molar-refractivity contribution in [2.75, 3.05) is 11.1 Å². The molecular formula is C20H21ClN4O3S2. The Labute approximate surface area is 187 Å². The number of anilines is 2. The summed E-state index contributed by atoms with van der Waals surface area (Å²) in [5.74, 6) is 0.392. The summed E-state index contributed by atoms with van der Waals surface area (Å²) in [5.41, 5.74) is 1.70. The topological polar surface area (TPSA) is 90.1 Å². The fourth-order valence-electron chi connectivity index (χ4n) is 3.18. The van der Waals surface area contributed by atoms with E-state index in [0.717, 1.165) is 42.2 Å². The van der Waals surface area contributed by atoms with E-state index in [0.29, 0.717) is 22.6 Å². The highest BCUT2D eigenvalue weighted by Gasteiger charge is 2.19. The summed E-state index contributed by atoms with van der Waals surface area (Å²) in [6, 6.07) is 7.46. The molecule has 3 aromatic rings. The summed E-state index contributed by atoms with van der Waals surface area (Å²) in [6.45, 7) is 0. The van der Waals surface area contributed by atoms with Crippen molar-refractivity contribution in [3.63, 3.8) is 0 Å². The van der Waals surface area contributed by atoms with Gasteiger partial charge in [-0.1, -0.05) is 35.9 Å². The van der Waals surface area contributed by atoms with Crippen LogP contribution in [0.1, 0.15) is 43.7 Å². The second kappa shape index (κ2) is 10.3. The lowest BCUT2D eigenvalue weighted by Crippen LogP contribution is -2.21. The van der Waals surface area contributed by atoms with Crippen LogP contribution in [0.2, 0.25) is 5.02 Å². The number of benzene rings is 1. The minimum absolute atomic E-state index is 0.0597. The Bertz CT molecular complexity index is 988. The van der Waals surface area contributed by atoms with Gasteiger partial charge in [-0.25, -0.2) is 4.98 Å². The smallest absolute Gasteiger partial charge is 0.316 e. The van der Waals surface area contributed by atoms with Crippen molar-refractivity contribution in [3.05, 3.63) is 46.3 Å². The SMILES string of the molecule is O=C(CSc1nnc(Cc2csc(Nc3cccc(Cl)c3)n2)o1)OC1CCCCC1. The van der Waals surface area contributed by atoms with Gasteiger partial charge in [0.25, 0.3) is 5.22 Å². The zero-order valence-corrected chi connectivity index (χ0v) is 18.6. The van der Waals surface area contributed by atoms with Crippen molar-refractivity contribution in [2.45, 2.75) is 49.9 Å². The zero-order chi connectivity index (χ0) is 20.8. The van der Waals surface area contributed by atoms with E-state index >= 15 is 0 Å². The van der Waals surface area contributed by atoms with Crippen LogP contribution in [0.4, 0.5) is 10.8 Å². The first-order chi connectivity index (χ1) is 14.6. The average molecular weight is 465 g/mol. The van der Waals surface area contributed by atoms with E-state index in [2.05, 4.69) is 20.5 Å². The van der Waals surface area contributed by atoms with Gasteiger partial charge in [-0.3, -0.25) is 4.79 Å². The first-order valence-corrected chi connectivity index (χ1v) is 12.0. The first-order valence-electron chi connectivity index (χ1n) is 9.76. The number of rotatable bonds is 8.